The lowest BCUT2D eigenvalue weighted by molar-refractivity contribution is 0.238. The molecule has 1 atom stereocenters. The second-order valence-electron chi connectivity index (χ2n) is 3.95. The zero-order valence-corrected chi connectivity index (χ0v) is 10.3. The van der Waals surface area contributed by atoms with Gasteiger partial charge in [0.1, 0.15) is 0 Å². The van der Waals surface area contributed by atoms with Gasteiger partial charge in [0.05, 0.1) is 16.3 Å². The first kappa shape index (κ1) is 11.0. The second kappa shape index (κ2) is 3.95. The Morgan fingerprint density at radius 3 is 2.89 bits per heavy atom. The lowest BCUT2D eigenvalue weighted by Gasteiger charge is -2.21. The van der Waals surface area contributed by atoms with E-state index in [1.807, 2.05) is 24.3 Å². The maximum atomic E-state index is 12.0. The van der Waals surface area contributed by atoms with Crippen molar-refractivity contribution in [2.24, 2.45) is 5.10 Å². The minimum absolute atomic E-state index is 0.111. The van der Waals surface area contributed by atoms with Crippen LogP contribution in [0.5, 0.6) is 0 Å². The highest BCUT2D eigenvalue weighted by molar-refractivity contribution is 7.16. The van der Waals surface area contributed by atoms with E-state index in [1.165, 1.54) is 4.57 Å². The quantitative estimate of drug-likeness (QED) is 0.741. The summed E-state index contributed by atoms with van der Waals surface area (Å²) in [5.41, 5.74) is 3.13. The predicted molar refractivity (Wildman–Crippen MR) is 70.0 cm³/mol. The van der Waals surface area contributed by atoms with E-state index in [2.05, 4.69) is 15.8 Å². The van der Waals surface area contributed by atoms with E-state index >= 15 is 0 Å². The summed E-state index contributed by atoms with van der Waals surface area (Å²) in [7, 11) is 0. The van der Waals surface area contributed by atoms with E-state index in [0.717, 1.165) is 21.6 Å². The molecule has 1 aromatic carbocycles. The molecular formula is C11H10N4O2S. The van der Waals surface area contributed by atoms with Gasteiger partial charge in [-0.1, -0.05) is 23.5 Å². The first-order valence-electron chi connectivity index (χ1n) is 5.42. The van der Waals surface area contributed by atoms with Crippen LogP contribution >= 0.6 is 11.3 Å². The zero-order chi connectivity index (χ0) is 12.7. The molecule has 0 aliphatic carbocycles. The molecular weight excluding hydrogens is 252 g/mol. The van der Waals surface area contributed by atoms with Crippen LogP contribution in [0.4, 0.5) is 4.79 Å². The number of aromatic nitrogens is 1. The molecule has 1 aliphatic heterocycles. The molecule has 0 saturated carbocycles. The van der Waals surface area contributed by atoms with Gasteiger partial charge < -0.3 is 5.32 Å². The number of thiazole rings is 1. The van der Waals surface area contributed by atoms with Crippen molar-refractivity contribution in [2.75, 3.05) is 0 Å². The van der Waals surface area contributed by atoms with E-state index in [9.17, 15) is 9.59 Å². The van der Waals surface area contributed by atoms with Crippen LogP contribution in [0, 0.1) is 0 Å². The average Bonchev–Trinajstić information content (AvgIpc) is 2.66. The van der Waals surface area contributed by atoms with Gasteiger partial charge in [-0.05, 0) is 19.1 Å². The molecule has 0 radical (unpaired) electrons. The Bertz CT molecular complexity index is 715. The number of nitrogens with one attached hydrogen (secondary N) is 2. The van der Waals surface area contributed by atoms with Crippen LogP contribution in [0.2, 0.25) is 0 Å². The van der Waals surface area contributed by atoms with E-state index < -0.39 is 0 Å². The Morgan fingerprint density at radius 2 is 2.11 bits per heavy atom. The first-order valence-corrected chi connectivity index (χ1v) is 6.23. The Balaban J connectivity index is 2.23. The Labute approximate surface area is 106 Å². The minimum atomic E-state index is -0.362. The third-order valence-electron chi connectivity index (χ3n) is 2.72. The number of nitrogens with zero attached hydrogens (tertiary/aromatic N) is 2. The fourth-order valence-electron chi connectivity index (χ4n) is 1.93. The smallest absolute Gasteiger partial charge is 0.327 e. The highest BCUT2D eigenvalue weighted by Gasteiger charge is 2.23. The van der Waals surface area contributed by atoms with Crippen molar-refractivity contribution in [3.05, 3.63) is 33.9 Å². The molecule has 2 heterocycles. The molecule has 2 aromatic rings. The molecule has 3 rings (SSSR count). The summed E-state index contributed by atoms with van der Waals surface area (Å²) in [6.07, 6.45) is 0. The van der Waals surface area contributed by atoms with Gasteiger partial charge in [0.2, 0.25) is 0 Å². The topological polar surface area (TPSA) is 75.5 Å². The maximum Gasteiger partial charge on any atom is 0.335 e. The molecule has 7 heteroatoms. The molecule has 0 saturated heterocycles. The van der Waals surface area contributed by atoms with Crippen LogP contribution in [0.25, 0.3) is 10.2 Å². The van der Waals surface area contributed by atoms with Crippen LogP contribution in [-0.4, -0.2) is 22.5 Å². The number of hydrogen-bond acceptors (Lipinski definition) is 4. The number of urea groups is 1. The lowest BCUT2D eigenvalue weighted by Crippen LogP contribution is -2.51. The minimum Gasteiger partial charge on any atom is -0.327 e. The molecule has 0 bridgehead atoms. The Kier molecular flexibility index (Phi) is 2.41. The summed E-state index contributed by atoms with van der Waals surface area (Å²) in [6.45, 7) is 1.79. The van der Waals surface area contributed by atoms with Crippen LogP contribution in [0.1, 0.15) is 6.92 Å². The van der Waals surface area contributed by atoms with Gasteiger partial charge in [-0.25, -0.2) is 10.2 Å². The normalized spacial score (nSPS) is 19.3. The predicted octanol–water partition coefficient (Wildman–Crippen LogP) is 0.926. The van der Waals surface area contributed by atoms with Gasteiger partial charge in [0.25, 0.3) is 0 Å². The number of hydrogen-bond donors (Lipinski definition) is 2. The molecule has 2 amide bonds. The van der Waals surface area contributed by atoms with Gasteiger partial charge in [-0.3, -0.25) is 9.36 Å². The molecule has 1 aliphatic rings. The van der Waals surface area contributed by atoms with Crippen molar-refractivity contribution >= 4 is 33.4 Å². The molecule has 0 fully saturated rings. The van der Waals surface area contributed by atoms with Gasteiger partial charge in [0.15, 0.2) is 5.84 Å². The number of carbonyl (C=O) groups is 1. The van der Waals surface area contributed by atoms with E-state index in [0.29, 0.717) is 5.84 Å². The molecule has 92 valence electrons. The van der Waals surface area contributed by atoms with Crippen molar-refractivity contribution in [3.63, 3.8) is 0 Å². The van der Waals surface area contributed by atoms with Crippen molar-refractivity contribution < 1.29 is 4.79 Å². The van der Waals surface area contributed by atoms with Gasteiger partial charge in [0, 0.05) is 0 Å². The number of rotatable bonds is 0. The summed E-state index contributed by atoms with van der Waals surface area (Å²) < 4.78 is 2.42. The Morgan fingerprint density at radius 1 is 1.33 bits per heavy atom. The summed E-state index contributed by atoms with van der Waals surface area (Å²) in [5, 5.41) is 6.64. The molecule has 18 heavy (non-hydrogen) atoms. The van der Waals surface area contributed by atoms with Crippen molar-refractivity contribution in [1.82, 2.24) is 15.3 Å². The number of amides is 2. The fourth-order valence-corrected chi connectivity index (χ4v) is 2.81. The fraction of sp³-hybridized carbons (Fsp3) is 0.182. The number of benzene rings is 1. The SMILES string of the molecule is CC1NC(=O)NN=C1n1c(=O)sc2ccccc21. The highest BCUT2D eigenvalue weighted by Crippen LogP contribution is 2.17. The van der Waals surface area contributed by atoms with Gasteiger partial charge in [-0.2, -0.15) is 5.10 Å². The molecule has 1 unspecified atom stereocenters. The third kappa shape index (κ3) is 1.60. The number of para-hydroxylation sites is 1. The second-order valence-corrected chi connectivity index (χ2v) is 4.94. The van der Waals surface area contributed by atoms with Crippen LogP contribution < -0.4 is 15.6 Å². The molecule has 1 aromatic heterocycles. The van der Waals surface area contributed by atoms with Crippen molar-refractivity contribution in [2.45, 2.75) is 13.0 Å². The standard InChI is InChI=1S/C11H10N4O2S/c1-6-9(13-14-10(16)12-6)15-7-4-2-3-5-8(7)18-11(15)17/h2-6H,1H3,(H2,12,14,16). The van der Waals surface area contributed by atoms with E-state index in [1.54, 1.807) is 6.92 Å². The summed E-state index contributed by atoms with van der Waals surface area (Å²) in [5.74, 6) is 0.497. The van der Waals surface area contributed by atoms with Gasteiger partial charge in [-0.15, -0.1) is 0 Å². The van der Waals surface area contributed by atoms with Crippen LogP contribution in [0.15, 0.2) is 34.2 Å². The molecule has 6 nitrogen and oxygen atoms in total. The zero-order valence-electron chi connectivity index (χ0n) is 9.51. The third-order valence-corrected chi connectivity index (χ3v) is 3.64. The van der Waals surface area contributed by atoms with Crippen molar-refractivity contribution in [3.8, 4) is 0 Å². The number of fused-ring (bicyclic) bond motifs is 1. The average molecular weight is 262 g/mol. The van der Waals surface area contributed by atoms with E-state index in [4.69, 9.17) is 0 Å². The van der Waals surface area contributed by atoms with E-state index in [-0.39, 0.29) is 16.9 Å². The van der Waals surface area contributed by atoms with Gasteiger partial charge >= 0.3 is 10.9 Å². The van der Waals surface area contributed by atoms with Crippen LogP contribution in [0.3, 0.4) is 0 Å². The summed E-state index contributed by atoms with van der Waals surface area (Å²) in [6, 6.07) is 6.82. The van der Waals surface area contributed by atoms with Crippen LogP contribution in [-0.2, 0) is 0 Å². The molecule has 2 N–H and O–H groups in total. The lowest BCUT2D eigenvalue weighted by atomic mass is 10.2. The largest absolute Gasteiger partial charge is 0.335 e. The number of hydrazone groups is 1. The molecule has 0 spiro atoms. The summed E-state index contributed by atoms with van der Waals surface area (Å²) >= 11 is 1.16. The van der Waals surface area contributed by atoms with Crippen molar-refractivity contribution in [1.29, 1.82) is 0 Å². The Hall–Kier alpha value is -2.15. The first-order chi connectivity index (χ1) is 8.66. The number of carbonyl (C=O) groups excluding carboxylic acids is 1. The monoisotopic (exact) mass is 262 g/mol. The summed E-state index contributed by atoms with van der Waals surface area (Å²) in [4.78, 5) is 23.0. The highest BCUT2D eigenvalue weighted by atomic mass is 32.1. The maximum absolute atomic E-state index is 12.0.